The normalized spacial score (nSPS) is 33.6. The van der Waals surface area contributed by atoms with Crippen LogP contribution in [-0.4, -0.2) is 24.8 Å². The summed E-state index contributed by atoms with van der Waals surface area (Å²) in [6.45, 7) is 11.7. The van der Waals surface area contributed by atoms with Gasteiger partial charge in [0.2, 0.25) is 11.6 Å². The van der Waals surface area contributed by atoms with Gasteiger partial charge >= 0.3 is 0 Å². The second kappa shape index (κ2) is 4.89. The van der Waals surface area contributed by atoms with Crippen LogP contribution >= 0.6 is 0 Å². The van der Waals surface area contributed by atoms with Gasteiger partial charge in [0, 0.05) is 24.5 Å². The fraction of sp³-hybridized carbons (Fsp3) is 0.857. The van der Waals surface area contributed by atoms with Gasteiger partial charge in [-0.25, -0.2) is 0 Å². The Balaban J connectivity index is 0.000000249. The Morgan fingerprint density at radius 2 is 1.71 bits per heavy atom. The zero-order valence-electron chi connectivity index (χ0n) is 11.6. The molecular formula is C14H24O3. The summed E-state index contributed by atoms with van der Waals surface area (Å²) in [5.74, 6) is -0.229. The lowest BCUT2D eigenvalue weighted by Crippen LogP contribution is -2.33. The number of carbonyl (C=O) groups excluding carboxylic acids is 2. The van der Waals surface area contributed by atoms with Crippen molar-refractivity contribution in [3.8, 4) is 0 Å². The number of ether oxygens (including phenoxy) is 1. The van der Waals surface area contributed by atoms with Gasteiger partial charge in [0.1, 0.15) is 0 Å². The molecule has 0 amide bonds. The fourth-order valence-corrected chi connectivity index (χ4v) is 3.00. The number of hydrogen-bond acceptors (Lipinski definition) is 3. The van der Waals surface area contributed by atoms with Crippen molar-refractivity contribution in [1.29, 1.82) is 0 Å². The van der Waals surface area contributed by atoms with E-state index in [2.05, 4.69) is 0 Å². The summed E-state index contributed by atoms with van der Waals surface area (Å²) in [4.78, 5) is 23.0. The minimum atomic E-state index is -0.352. The summed E-state index contributed by atoms with van der Waals surface area (Å²) in [7, 11) is 0. The van der Waals surface area contributed by atoms with E-state index in [0.717, 1.165) is 26.1 Å². The molecule has 0 aromatic heterocycles. The lowest BCUT2D eigenvalue weighted by Gasteiger charge is -2.31. The van der Waals surface area contributed by atoms with Crippen LogP contribution in [-0.2, 0) is 14.3 Å². The van der Waals surface area contributed by atoms with E-state index in [0.29, 0.717) is 0 Å². The molecule has 0 N–H and O–H groups in total. The van der Waals surface area contributed by atoms with Crippen molar-refractivity contribution >= 4 is 11.6 Å². The maximum Gasteiger partial charge on any atom is 0.205 e. The molecule has 3 heteroatoms. The van der Waals surface area contributed by atoms with E-state index in [-0.39, 0.29) is 28.3 Å². The minimum Gasteiger partial charge on any atom is -0.382 e. The summed E-state index contributed by atoms with van der Waals surface area (Å²) >= 11 is 0. The second-order valence-corrected chi connectivity index (χ2v) is 5.62. The molecule has 0 spiro atoms. The van der Waals surface area contributed by atoms with E-state index in [1.165, 1.54) is 0 Å². The number of hydrogen-bond donors (Lipinski definition) is 0. The average molecular weight is 240 g/mol. The van der Waals surface area contributed by atoms with Crippen molar-refractivity contribution in [2.45, 2.75) is 47.5 Å². The number of fused-ring (bicyclic) bond motifs is 2. The standard InChI is InChI=1S/C10H14O2.C4H10O/c1-9(2)6-4-5-10(9,3)8(12)7(6)11;1-3-5-4-2/h6H,4-5H2,1-3H3;3-4H2,1-2H3. The topological polar surface area (TPSA) is 43.4 Å². The lowest BCUT2D eigenvalue weighted by atomic mass is 9.70. The zero-order valence-corrected chi connectivity index (χ0v) is 11.6. The molecule has 2 rings (SSSR count). The van der Waals surface area contributed by atoms with Gasteiger partial charge in [-0.2, -0.15) is 0 Å². The largest absolute Gasteiger partial charge is 0.382 e. The van der Waals surface area contributed by atoms with Crippen LogP contribution in [0.4, 0.5) is 0 Å². The highest BCUT2D eigenvalue weighted by atomic mass is 16.5. The van der Waals surface area contributed by atoms with Crippen molar-refractivity contribution in [2.24, 2.45) is 16.7 Å². The first-order valence-electron chi connectivity index (χ1n) is 6.49. The van der Waals surface area contributed by atoms with Gasteiger partial charge in [-0.15, -0.1) is 0 Å². The maximum absolute atomic E-state index is 11.6. The van der Waals surface area contributed by atoms with Crippen LogP contribution in [0.25, 0.3) is 0 Å². The third-order valence-electron chi connectivity index (χ3n) is 4.68. The van der Waals surface area contributed by atoms with Crippen molar-refractivity contribution in [3.63, 3.8) is 0 Å². The Morgan fingerprint density at radius 3 is 1.88 bits per heavy atom. The molecule has 2 bridgehead atoms. The molecule has 0 aromatic carbocycles. The number of rotatable bonds is 2. The van der Waals surface area contributed by atoms with Gasteiger partial charge in [-0.05, 0) is 32.1 Å². The summed E-state index contributed by atoms with van der Waals surface area (Å²) < 4.78 is 4.83. The molecule has 0 aromatic rings. The fourth-order valence-electron chi connectivity index (χ4n) is 3.00. The molecule has 0 saturated heterocycles. The predicted molar refractivity (Wildman–Crippen MR) is 66.8 cm³/mol. The van der Waals surface area contributed by atoms with E-state index in [1.807, 2.05) is 34.6 Å². The van der Waals surface area contributed by atoms with Crippen LogP contribution in [0.1, 0.15) is 47.5 Å². The van der Waals surface area contributed by atoms with Crippen molar-refractivity contribution < 1.29 is 14.3 Å². The summed E-state index contributed by atoms with van der Waals surface area (Å²) in [5.41, 5.74) is -0.448. The first kappa shape index (κ1) is 14.4. The van der Waals surface area contributed by atoms with Crippen LogP contribution in [0.3, 0.4) is 0 Å². The molecule has 3 nitrogen and oxygen atoms in total. The molecule has 2 atom stereocenters. The van der Waals surface area contributed by atoms with Gasteiger partial charge in [0.05, 0.1) is 0 Å². The SMILES string of the molecule is CC12CCC(C(=O)C1=O)C2(C)C.CCOCC. The van der Waals surface area contributed by atoms with Crippen LogP contribution in [0.5, 0.6) is 0 Å². The maximum atomic E-state index is 11.6. The van der Waals surface area contributed by atoms with E-state index in [1.54, 1.807) is 0 Å². The summed E-state index contributed by atoms with van der Waals surface area (Å²) in [6, 6.07) is 0. The number of Topliss-reactive ketones (excluding diaryl/α,β-unsaturated/α-hetero) is 2. The molecule has 2 fully saturated rings. The highest BCUT2D eigenvalue weighted by Crippen LogP contribution is 2.61. The predicted octanol–water partition coefficient (Wildman–Crippen LogP) is 2.62. The Kier molecular flexibility index (Phi) is 4.13. The Hall–Kier alpha value is -0.700. The molecule has 98 valence electrons. The van der Waals surface area contributed by atoms with Gasteiger partial charge in [-0.1, -0.05) is 20.8 Å². The van der Waals surface area contributed by atoms with Gasteiger partial charge in [0.25, 0.3) is 0 Å². The Morgan fingerprint density at radius 1 is 1.18 bits per heavy atom. The van der Waals surface area contributed by atoms with Crippen LogP contribution in [0.2, 0.25) is 0 Å². The molecule has 0 aliphatic heterocycles. The zero-order chi connectivity index (χ0) is 13.3. The molecule has 2 saturated carbocycles. The first-order chi connectivity index (χ1) is 7.82. The molecular weight excluding hydrogens is 216 g/mol. The average Bonchev–Trinajstić information content (AvgIpc) is 2.56. The highest BCUT2D eigenvalue weighted by Gasteiger charge is 2.66. The molecule has 2 aliphatic carbocycles. The van der Waals surface area contributed by atoms with Crippen molar-refractivity contribution in [3.05, 3.63) is 0 Å². The molecule has 17 heavy (non-hydrogen) atoms. The van der Waals surface area contributed by atoms with Crippen molar-refractivity contribution in [1.82, 2.24) is 0 Å². The Bertz CT molecular complexity index is 317. The van der Waals surface area contributed by atoms with Gasteiger partial charge < -0.3 is 4.74 Å². The number of ketones is 2. The summed E-state index contributed by atoms with van der Waals surface area (Å²) in [5, 5.41) is 0. The smallest absolute Gasteiger partial charge is 0.205 e. The van der Waals surface area contributed by atoms with E-state index < -0.39 is 0 Å². The Labute approximate surface area is 104 Å². The van der Waals surface area contributed by atoms with Crippen LogP contribution in [0.15, 0.2) is 0 Å². The van der Waals surface area contributed by atoms with E-state index in [4.69, 9.17) is 4.74 Å². The summed E-state index contributed by atoms with van der Waals surface area (Å²) in [6.07, 6.45) is 1.81. The molecule has 2 aliphatic rings. The van der Waals surface area contributed by atoms with Gasteiger partial charge in [0.15, 0.2) is 0 Å². The van der Waals surface area contributed by atoms with Gasteiger partial charge in [-0.3, -0.25) is 9.59 Å². The van der Waals surface area contributed by atoms with Crippen molar-refractivity contribution in [2.75, 3.05) is 13.2 Å². The first-order valence-corrected chi connectivity index (χ1v) is 6.49. The lowest BCUT2D eigenvalue weighted by molar-refractivity contribution is -0.141. The molecule has 0 heterocycles. The molecule has 2 unspecified atom stereocenters. The molecule has 0 radical (unpaired) electrons. The van der Waals surface area contributed by atoms with Crippen LogP contribution < -0.4 is 0 Å². The minimum absolute atomic E-state index is 0.00926. The van der Waals surface area contributed by atoms with Crippen LogP contribution in [0, 0.1) is 16.7 Å². The van der Waals surface area contributed by atoms with E-state index in [9.17, 15) is 9.59 Å². The highest BCUT2D eigenvalue weighted by molar-refractivity contribution is 6.43. The monoisotopic (exact) mass is 240 g/mol. The third kappa shape index (κ3) is 2.05. The number of carbonyl (C=O) groups is 2. The quantitative estimate of drug-likeness (QED) is 0.697. The third-order valence-corrected chi connectivity index (χ3v) is 4.68. The van der Waals surface area contributed by atoms with E-state index >= 15 is 0 Å². The second-order valence-electron chi connectivity index (χ2n) is 5.62.